The van der Waals surface area contributed by atoms with Crippen LogP contribution in [-0.2, 0) is 9.53 Å². The summed E-state index contributed by atoms with van der Waals surface area (Å²) in [5.74, 6) is 0.147. The number of nitrogens with zero attached hydrogens (tertiary/aromatic N) is 1. The fraction of sp³-hybridized carbons (Fsp3) is 0.917. The van der Waals surface area contributed by atoms with Crippen molar-refractivity contribution in [3.05, 3.63) is 0 Å². The number of aliphatic hydroxyl groups excluding tert-OH is 1. The van der Waals surface area contributed by atoms with Gasteiger partial charge in [0.15, 0.2) is 0 Å². The fourth-order valence-electron chi connectivity index (χ4n) is 1.96. The molecule has 0 heterocycles. The Balaban J connectivity index is 2.28. The van der Waals surface area contributed by atoms with Gasteiger partial charge in [-0.2, -0.15) is 0 Å². The number of hydrogen-bond donors (Lipinski definition) is 2. The van der Waals surface area contributed by atoms with E-state index in [1.54, 1.807) is 7.11 Å². The van der Waals surface area contributed by atoms with Crippen LogP contribution < -0.4 is 5.32 Å². The Kier molecular flexibility index (Phi) is 6.47. The summed E-state index contributed by atoms with van der Waals surface area (Å²) < 4.78 is 5.04. The van der Waals surface area contributed by atoms with Crippen molar-refractivity contribution in [2.75, 3.05) is 33.4 Å². The third kappa shape index (κ3) is 5.02. The number of methoxy groups -OCH3 is 1. The van der Waals surface area contributed by atoms with E-state index in [0.717, 1.165) is 19.4 Å². The molecule has 1 amide bonds. The van der Waals surface area contributed by atoms with Crippen LogP contribution in [0.4, 0.5) is 0 Å². The first-order chi connectivity index (χ1) is 8.22. The number of carbonyl (C=O) groups excluding carboxylic acids is 1. The highest BCUT2D eigenvalue weighted by molar-refractivity contribution is 5.78. The van der Waals surface area contributed by atoms with Crippen LogP contribution >= 0.6 is 0 Å². The van der Waals surface area contributed by atoms with Crippen molar-refractivity contribution in [3.63, 3.8) is 0 Å². The van der Waals surface area contributed by atoms with Crippen molar-refractivity contribution in [2.24, 2.45) is 0 Å². The number of rotatable bonds is 9. The highest BCUT2D eigenvalue weighted by Crippen LogP contribution is 2.26. The first-order valence-electron chi connectivity index (χ1n) is 6.35. The average molecular weight is 244 g/mol. The van der Waals surface area contributed by atoms with Crippen molar-refractivity contribution < 1.29 is 14.6 Å². The molecule has 0 saturated heterocycles. The van der Waals surface area contributed by atoms with Gasteiger partial charge in [0, 0.05) is 32.3 Å². The van der Waals surface area contributed by atoms with Gasteiger partial charge in [-0.25, -0.2) is 0 Å². The van der Waals surface area contributed by atoms with Gasteiger partial charge in [0.05, 0.1) is 13.2 Å². The van der Waals surface area contributed by atoms with E-state index >= 15 is 0 Å². The lowest BCUT2D eigenvalue weighted by Gasteiger charge is -2.23. The standard InChI is InChI=1S/C12H24N2O3/c1-3-14(11-4-5-11)12(16)8-13-10(6-7-15)9-17-2/h10-11,13,15H,3-9H2,1-2H3. The Bertz CT molecular complexity index is 226. The number of ether oxygens (including phenoxy) is 1. The quantitative estimate of drug-likeness (QED) is 0.598. The molecule has 0 aromatic carbocycles. The summed E-state index contributed by atoms with van der Waals surface area (Å²) in [5.41, 5.74) is 0. The third-order valence-corrected chi connectivity index (χ3v) is 3.04. The topological polar surface area (TPSA) is 61.8 Å². The van der Waals surface area contributed by atoms with E-state index in [-0.39, 0.29) is 18.6 Å². The molecular weight excluding hydrogens is 220 g/mol. The molecule has 1 unspecified atom stereocenters. The number of hydrogen-bond acceptors (Lipinski definition) is 4. The Hall–Kier alpha value is -0.650. The highest BCUT2D eigenvalue weighted by atomic mass is 16.5. The van der Waals surface area contributed by atoms with Gasteiger partial charge in [0.1, 0.15) is 0 Å². The van der Waals surface area contributed by atoms with Crippen LogP contribution in [0.5, 0.6) is 0 Å². The second kappa shape index (κ2) is 7.63. The minimum atomic E-state index is 0.0480. The second-order valence-corrected chi connectivity index (χ2v) is 4.46. The van der Waals surface area contributed by atoms with Crippen molar-refractivity contribution in [1.29, 1.82) is 0 Å². The normalized spacial score (nSPS) is 16.9. The monoisotopic (exact) mass is 244 g/mol. The van der Waals surface area contributed by atoms with Crippen LogP contribution in [0.15, 0.2) is 0 Å². The average Bonchev–Trinajstić information content (AvgIpc) is 3.12. The lowest BCUT2D eigenvalue weighted by Crippen LogP contribution is -2.44. The first-order valence-corrected chi connectivity index (χ1v) is 6.35. The molecule has 17 heavy (non-hydrogen) atoms. The van der Waals surface area contributed by atoms with Gasteiger partial charge in [-0.15, -0.1) is 0 Å². The summed E-state index contributed by atoms with van der Waals surface area (Å²) in [5, 5.41) is 12.0. The molecule has 5 nitrogen and oxygen atoms in total. The lowest BCUT2D eigenvalue weighted by atomic mass is 10.2. The Labute approximate surface area is 103 Å². The van der Waals surface area contributed by atoms with Gasteiger partial charge >= 0.3 is 0 Å². The van der Waals surface area contributed by atoms with Gasteiger partial charge < -0.3 is 20.1 Å². The minimum absolute atomic E-state index is 0.0480. The number of aliphatic hydroxyl groups is 1. The zero-order chi connectivity index (χ0) is 12.7. The molecule has 0 radical (unpaired) electrons. The molecule has 1 saturated carbocycles. The van der Waals surface area contributed by atoms with Gasteiger partial charge in [-0.3, -0.25) is 4.79 Å². The van der Waals surface area contributed by atoms with E-state index in [4.69, 9.17) is 9.84 Å². The molecule has 0 spiro atoms. The number of nitrogens with one attached hydrogen (secondary N) is 1. The van der Waals surface area contributed by atoms with Crippen molar-refractivity contribution in [2.45, 2.75) is 38.3 Å². The van der Waals surface area contributed by atoms with E-state index in [1.165, 1.54) is 0 Å². The molecular formula is C12H24N2O3. The second-order valence-electron chi connectivity index (χ2n) is 4.46. The summed E-state index contributed by atoms with van der Waals surface area (Å²) >= 11 is 0. The SMILES string of the molecule is CCN(C(=O)CNC(CCO)COC)C1CC1. The maximum atomic E-state index is 11.9. The van der Waals surface area contributed by atoms with Crippen molar-refractivity contribution in [3.8, 4) is 0 Å². The van der Waals surface area contributed by atoms with Crippen LogP contribution in [0.2, 0.25) is 0 Å². The molecule has 0 aromatic rings. The zero-order valence-electron chi connectivity index (χ0n) is 10.8. The van der Waals surface area contributed by atoms with Gasteiger partial charge in [-0.05, 0) is 26.2 Å². The van der Waals surface area contributed by atoms with E-state index < -0.39 is 0 Å². The fourth-order valence-corrected chi connectivity index (χ4v) is 1.96. The van der Waals surface area contributed by atoms with E-state index in [0.29, 0.717) is 25.6 Å². The predicted octanol–water partition coefficient (Wildman–Crippen LogP) is -0.0157. The van der Waals surface area contributed by atoms with Crippen LogP contribution in [0.1, 0.15) is 26.2 Å². The van der Waals surface area contributed by atoms with Gasteiger partial charge in [-0.1, -0.05) is 0 Å². The van der Waals surface area contributed by atoms with Crippen LogP contribution in [-0.4, -0.2) is 61.4 Å². The molecule has 0 aromatic heterocycles. The summed E-state index contributed by atoms with van der Waals surface area (Å²) in [6.45, 7) is 3.74. The third-order valence-electron chi connectivity index (χ3n) is 3.04. The molecule has 5 heteroatoms. The maximum absolute atomic E-state index is 11.9. The molecule has 1 rings (SSSR count). The van der Waals surface area contributed by atoms with Crippen LogP contribution in [0, 0.1) is 0 Å². The largest absolute Gasteiger partial charge is 0.396 e. The Morgan fingerprint density at radius 3 is 2.76 bits per heavy atom. The molecule has 0 bridgehead atoms. The highest BCUT2D eigenvalue weighted by Gasteiger charge is 2.31. The molecule has 1 fully saturated rings. The van der Waals surface area contributed by atoms with E-state index in [9.17, 15) is 4.79 Å². The molecule has 1 aliphatic rings. The van der Waals surface area contributed by atoms with Gasteiger partial charge in [0.2, 0.25) is 5.91 Å². The minimum Gasteiger partial charge on any atom is -0.396 e. The summed E-state index contributed by atoms with van der Waals surface area (Å²) in [7, 11) is 1.62. The van der Waals surface area contributed by atoms with E-state index in [1.807, 2.05) is 11.8 Å². The van der Waals surface area contributed by atoms with Crippen LogP contribution in [0.25, 0.3) is 0 Å². The van der Waals surface area contributed by atoms with Crippen LogP contribution in [0.3, 0.4) is 0 Å². The number of amides is 1. The first kappa shape index (κ1) is 14.4. The summed E-state index contributed by atoms with van der Waals surface area (Å²) in [6.07, 6.45) is 2.88. The number of carbonyl (C=O) groups is 1. The molecule has 0 aliphatic heterocycles. The molecule has 1 aliphatic carbocycles. The Morgan fingerprint density at radius 1 is 1.59 bits per heavy atom. The van der Waals surface area contributed by atoms with Gasteiger partial charge in [0.25, 0.3) is 0 Å². The van der Waals surface area contributed by atoms with E-state index in [2.05, 4.69) is 5.32 Å². The summed E-state index contributed by atoms with van der Waals surface area (Å²) in [6, 6.07) is 0.514. The number of likely N-dealkylation sites (N-methyl/N-ethyl adjacent to an activating group) is 1. The zero-order valence-corrected chi connectivity index (χ0v) is 10.8. The summed E-state index contributed by atoms with van der Waals surface area (Å²) in [4.78, 5) is 13.9. The molecule has 100 valence electrons. The Morgan fingerprint density at radius 2 is 2.29 bits per heavy atom. The molecule has 2 N–H and O–H groups in total. The lowest BCUT2D eigenvalue weighted by molar-refractivity contribution is -0.130. The maximum Gasteiger partial charge on any atom is 0.236 e. The smallest absolute Gasteiger partial charge is 0.236 e. The predicted molar refractivity (Wildman–Crippen MR) is 65.8 cm³/mol. The van der Waals surface area contributed by atoms with Crippen molar-refractivity contribution in [1.82, 2.24) is 10.2 Å². The van der Waals surface area contributed by atoms with Crippen molar-refractivity contribution >= 4 is 5.91 Å². The molecule has 1 atom stereocenters.